The van der Waals surface area contributed by atoms with Crippen molar-refractivity contribution in [1.29, 1.82) is 0 Å². The van der Waals surface area contributed by atoms with Gasteiger partial charge >= 0.3 is 12.4 Å². The SMILES string of the molecule is CC(F)(c1ccc(Br)nc1)C(F)(F)F.CC(O)(c1ccc(Br)nc1)C(F)(F)F. The lowest BCUT2D eigenvalue weighted by Gasteiger charge is -2.26. The van der Waals surface area contributed by atoms with Gasteiger partial charge in [0.25, 0.3) is 0 Å². The first-order valence-corrected chi connectivity index (χ1v) is 8.87. The van der Waals surface area contributed by atoms with E-state index >= 15 is 0 Å². The second-order valence-electron chi connectivity index (χ2n) is 5.81. The Morgan fingerprint density at radius 3 is 1.39 bits per heavy atom. The van der Waals surface area contributed by atoms with Gasteiger partial charge in [0.2, 0.25) is 5.67 Å². The van der Waals surface area contributed by atoms with Gasteiger partial charge in [0.05, 0.1) is 0 Å². The molecule has 2 aromatic rings. The molecule has 0 aromatic carbocycles. The molecule has 2 rings (SSSR count). The molecule has 1 N–H and O–H groups in total. The van der Waals surface area contributed by atoms with Crippen LogP contribution in [0.25, 0.3) is 0 Å². The van der Waals surface area contributed by atoms with Crippen molar-refractivity contribution >= 4 is 31.9 Å². The van der Waals surface area contributed by atoms with Gasteiger partial charge in [0.1, 0.15) is 9.21 Å². The van der Waals surface area contributed by atoms with Crippen molar-refractivity contribution in [2.24, 2.45) is 0 Å². The van der Waals surface area contributed by atoms with Gasteiger partial charge in [0.15, 0.2) is 5.60 Å². The summed E-state index contributed by atoms with van der Waals surface area (Å²) >= 11 is 5.94. The van der Waals surface area contributed by atoms with E-state index in [1.54, 1.807) is 0 Å². The molecule has 0 fully saturated rings. The van der Waals surface area contributed by atoms with Crippen LogP contribution in [0.3, 0.4) is 0 Å². The topological polar surface area (TPSA) is 46.0 Å². The molecule has 3 nitrogen and oxygen atoms in total. The van der Waals surface area contributed by atoms with E-state index in [-0.39, 0.29) is 5.56 Å². The molecule has 0 saturated carbocycles. The van der Waals surface area contributed by atoms with Gasteiger partial charge in [-0.15, -0.1) is 0 Å². The van der Waals surface area contributed by atoms with Crippen molar-refractivity contribution in [3.05, 3.63) is 57.0 Å². The Morgan fingerprint density at radius 2 is 1.11 bits per heavy atom. The van der Waals surface area contributed by atoms with Crippen LogP contribution in [0.4, 0.5) is 30.7 Å². The number of halogens is 9. The summed E-state index contributed by atoms with van der Waals surface area (Å²) in [6.45, 7) is 1.16. The average molecular weight is 542 g/mol. The fourth-order valence-corrected chi connectivity index (χ4v) is 2.11. The van der Waals surface area contributed by atoms with Crippen LogP contribution in [-0.4, -0.2) is 27.4 Å². The van der Waals surface area contributed by atoms with Crippen LogP contribution >= 0.6 is 31.9 Å². The quantitative estimate of drug-likeness (QED) is 0.363. The van der Waals surface area contributed by atoms with Gasteiger partial charge < -0.3 is 5.11 Å². The third kappa shape index (κ3) is 5.86. The molecule has 0 aliphatic heterocycles. The molecule has 12 heteroatoms. The number of aromatic nitrogens is 2. The molecule has 0 amide bonds. The summed E-state index contributed by atoms with van der Waals surface area (Å²) in [6, 6.07) is 4.82. The number of rotatable bonds is 2. The highest BCUT2D eigenvalue weighted by Gasteiger charge is 2.53. The summed E-state index contributed by atoms with van der Waals surface area (Å²) in [6.07, 6.45) is -7.79. The average Bonchev–Trinajstić information content (AvgIpc) is 2.54. The number of alkyl halides is 7. The van der Waals surface area contributed by atoms with Crippen LogP contribution in [0, 0.1) is 0 Å². The van der Waals surface area contributed by atoms with Crippen molar-refractivity contribution in [3.63, 3.8) is 0 Å². The summed E-state index contributed by atoms with van der Waals surface area (Å²) in [4.78, 5) is 7.15. The van der Waals surface area contributed by atoms with E-state index in [1.807, 2.05) is 0 Å². The molecule has 2 atom stereocenters. The van der Waals surface area contributed by atoms with Gasteiger partial charge in [-0.25, -0.2) is 14.4 Å². The van der Waals surface area contributed by atoms with Crippen LogP contribution in [-0.2, 0) is 11.3 Å². The van der Waals surface area contributed by atoms with E-state index in [2.05, 4.69) is 41.8 Å². The Hall–Kier alpha value is -1.27. The number of hydrogen-bond donors (Lipinski definition) is 1. The zero-order chi connectivity index (χ0) is 22.0. The van der Waals surface area contributed by atoms with E-state index in [4.69, 9.17) is 0 Å². The minimum absolute atomic E-state index is 0.284. The van der Waals surface area contributed by atoms with Crippen molar-refractivity contribution < 1.29 is 35.8 Å². The molecular weight excluding hydrogens is 529 g/mol. The van der Waals surface area contributed by atoms with Gasteiger partial charge in [0, 0.05) is 23.5 Å². The van der Waals surface area contributed by atoms with E-state index < -0.39 is 29.2 Å². The summed E-state index contributed by atoms with van der Waals surface area (Å²) in [5.41, 5.74) is -7.01. The molecule has 0 radical (unpaired) electrons. The Balaban J connectivity index is 0.000000280. The third-order valence-corrected chi connectivity index (χ3v) is 4.58. The van der Waals surface area contributed by atoms with Gasteiger partial charge in [-0.2, -0.15) is 26.3 Å². The molecule has 2 aromatic heterocycles. The lowest BCUT2D eigenvalue weighted by molar-refractivity contribution is -0.259. The fourth-order valence-electron chi connectivity index (χ4n) is 1.64. The molecular formula is C16H13Br2F7N2O. The minimum atomic E-state index is -4.93. The highest BCUT2D eigenvalue weighted by atomic mass is 79.9. The fraction of sp³-hybridized carbons (Fsp3) is 0.375. The Kier molecular flexibility index (Phi) is 7.62. The number of nitrogens with zero attached hydrogens (tertiary/aromatic N) is 2. The van der Waals surface area contributed by atoms with Crippen LogP contribution in [0.2, 0.25) is 0 Å². The van der Waals surface area contributed by atoms with E-state index in [1.165, 1.54) is 18.2 Å². The molecule has 2 unspecified atom stereocenters. The predicted molar refractivity (Wildman–Crippen MR) is 94.0 cm³/mol. The Bertz CT molecular complexity index is 706. The first-order valence-electron chi connectivity index (χ1n) is 7.29. The smallest absolute Gasteiger partial charge is 0.376 e. The summed E-state index contributed by atoms with van der Waals surface area (Å²) in [7, 11) is 0. The Labute approximate surface area is 172 Å². The lowest BCUT2D eigenvalue weighted by atomic mass is 9.97. The minimum Gasteiger partial charge on any atom is -0.376 e. The molecule has 0 aliphatic rings. The van der Waals surface area contributed by atoms with Crippen LogP contribution in [0.1, 0.15) is 25.0 Å². The molecule has 0 bridgehead atoms. The lowest BCUT2D eigenvalue weighted by Crippen LogP contribution is -2.39. The summed E-state index contributed by atoms with van der Waals surface area (Å²) < 4.78 is 87.7. The van der Waals surface area contributed by atoms with Crippen LogP contribution in [0.5, 0.6) is 0 Å². The largest absolute Gasteiger partial charge is 0.426 e. The van der Waals surface area contributed by atoms with E-state index in [0.717, 1.165) is 18.5 Å². The highest BCUT2D eigenvalue weighted by Crippen LogP contribution is 2.42. The van der Waals surface area contributed by atoms with Gasteiger partial charge in [-0.3, -0.25) is 0 Å². The normalized spacial score (nSPS) is 16.4. The van der Waals surface area contributed by atoms with Crippen molar-refractivity contribution in [2.75, 3.05) is 0 Å². The second kappa shape index (κ2) is 8.62. The number of hydrogen-bond acceptors (Lipinski definition) is 3. The van der Waals surface area contributed by atoms with Crippen LogP contribution < -0.4 is 0 Å². The predicted octanol–water partition coefficient (Wildman–Crippen LogP) is 6.21. The first-order chi connectivity index (χ1) is 12.5. The third-order valence-electron chi connectivity index (χ3n) is 3.64. The van der Waals surface area contributed by atoms with E-state index in [0.29, 0.717) is 23.1 Å². The van der Waals surface area contributed by atoms with E-state index in [9.17, 15) is 35.8 Å². The monoisotopic (exact) mass is 540 g/mol. The molecule has 156 valence electrons. The van der Waals surface area contributed by atoms with Crippen molar-refractivity contribution in [1.82, 2.24) is 9.97 Å². The maximum atomic E-state index is 13.3. The maximum absolute atomic E-state index is 13.3. The number of pyridine rings is 2. The van der Waals surface area contributed by atoms with Gasteiger partial charge in [-0.05, 0) is 57.8 Å². The van der Waals surface area contributed by atoms with Gasteiger partial charge in [-0.1, -0.05) is 12.1 Å². The summed E-state index contributed by atoms with van der Waals surface area (Å²) in [5, 5.41) is 9.23. The molecule has 0 spiro atoms. The zero-order valence-corrected chi connectivity index (χ0v) is 17.4. The maximum Gasteiger partial charge on any atom is 0.426 e. The molecule has 2 heterocycles. The Morgan fingerprint density at radius 1 is 0.714 bits per heavy atom. The number of aliphatic hydroxyl groups is 1. The first kappa shape index (κ1) is 24.8. The second-order valence-corrected chi connectivity index (χ2v) is 7.43. The standard InChI is InChI=1S/C8H6BrF4N.C8H7BrF3NO/c1-7(10,8(11,12)13)5-2-3-6(9)14-4-5;1-7(14,8(10,11)12)5-2-3-6(9)13-4-5/h2-4H,1H3;2-4,14H,1H3. The van der Waals surface area contributed by atoms with Crippen molar-refractivity contribution in [2.45, 2.75) is 37.5 Å². The molecule has 28 heavy (non-hydrogen) atoms. The molecule has 0 saturated heterocycles. The summed E-state index contributed by atoms with van der Waals surface area (Å²) in [5.74, 6) is 0. The van der Waals surface area contributed by atoms with Crippen LogP contribution in [0.15, 0.2) is 45.9 Å². The molecule has 0 aliphatic carbocycles. The van der Waals surface area contributed by atoms with Crippen molar-refractivity contribution in [3.8, 4) is 0 Å². The zero-order valence-electron chi connectivity index (χ0n) is 14.2. The highest BCUT2D eigenvalue weighted by molar-refractivity contribution is 9.10.